The van der Waals surface area contributed by atoms with Crippen LogP contribution in [0.2, 0.25) is 0 Å². The SMILES string of the molecule is O=C(OC[C@H]1O[C@](O)(COC(=O)c2cccnc2)[C@@H](OC(=O)c2cccnc2)[C@@H]1OC(=O)c1cccnc1F)c1cccnc1. The molecule has 5 rings (SSSR count). The Labute approximate surface area is 253 Å². The summed E-state index contributed by atoms with van der Waals surface area (Å²) in [6, 6.07) is 11.0. The van der Waals surface area contributed by atoms with Crippen molar-refractivity contribution in [2.45, 2.75) is 24.1 Å². The number of halogens is 1. The minimum atomic E-state index is -2.67. The van der Waals surface area contributed by atoms with E-state index in [0.717, 1.165) is 12.3 Å². The molecule has 4 atom stereocenters. The second kappa shape index (κ2) is 13.7. The van der Waals surface area contributed by atoms with E-state index in [1.807, 2.05) is 0 Å². The smallest absolute Gasteiger partial charge is 0.343 e. The summed E-state index contributed by atoms with van der Waals surface area (Å²) in [5.41, 5.74) is -0.539. The molecule has 1 aliphatic rings. The third-order valence-electron chi connectivity index (χ3n) is 6.40. The lowest BCUT2D eigenvalue weighted by atomic mass is 10.0. The molecule has 45 heavy (non-hydrogen) atoms. The number of nitrogens with zero attached hydrogens (tertiary/aromatic N) is 4. The van der Waals surface area contributed by atoms with Gasteiger partial charge in [0, 0.05) is 43.4 Å². The zero-order chi connectivity index (χ0) is 31.8. The number of aliphatic hydroxyl groups is 1. The van der Waals surface area contributed by atoms with E-state index < -0.39 is 72.7 Å². The lowest BCUT2D eigenvalue weighted by Gasteiger charge is -2.29. The number of hydrogen-bond donors (Lipinski definition) is 1. The maximum Gasteiger partial charge on any atom is 0.343 e. The second-order valence-corrected chi connectivity index (χ2v) is 9.44. The molecular weight excluding hydrogens is 595 g/mol. The van der Waals surface area contributed by atoms with Crippen molar-refractivity contribution >= 4 is 23.9 Å². The molecule has 5 heterocycles. The Morgan fingerprint density at radius 3 is 1.87 bits per heavy atom. The molecule has 0 unspecified atom stereocenters. The molecule has 0 bridgehead atoms. The molecule has 1 aliphatic heterocycles. The molecule has 0 spiro atoms. The van der Waals surface area contributed by atoms with Crippen LogP contribution in [-0.2, 0) is 23.7 Å². The van der Waals surface area contributed by atoms with Crippen molar-refractivity contribution in [2.24, 2.45) is 0 Å². The van der Waals surface area contributed by atoms with E-state index in [-0.39, 0.29) is 16.7 Å². The Hall–Kier alpha value is -5.67. The van der Waals surface area contributed by atoms with Crippen LogP contribution in [0.25, 0.3) is 0 Å². The first-order chi connectivity index (χ1) is 21.7. The summed E-state index contributed by atoms with van der Waals surface area (Å²) >= 11 is 0. The van der Waals surface area contributed by atoms with Crippen molar-refractivity contribution in [1.29, 1.82) is 0 Å². The number of hydrogen-bond acceptors (Lipinski definition) is 14. The van der Waals surface area contributed by atoms with Gasteiger partial charge in [-0.25, -0.2) is 24.2 Å². The second-order valence-electron chi connectivity index (χ2n) is 9.44. The first kappa shape index (κ1) is 30.8. The van der Waals surface area contributed by atoms with Crippen LogP contribution in [0, 0.1) is 5.95 Å². The van der Waals surface area contributed by atoms with E-state index in [1.165, 1.54) is 79.6 Å². The van der Waals surface area contributed by atoms with E-state index in [1.54, 1.807) is 0 Å². The zero-order valence-corrected chi connectivity index (χ0v) is 23.1. The van der Waals surface area contributed by atoms with Crippen LogP contribution in [0.5, 0.6) is 0 Å². The van der Waals surface area contributed by atoms with Crippen molar-refractivity contribution in [1.82, 2.24) is 19.9 Å². The predicted octanol–water partition coefficient (Wildman–Crippen LogP) is 1.96. The Morgan fingerprint density at radius 2 is 1.31 bits per heavy atom. The molecule has 14 nitrogen and oxygen atoms in total. The number of carbonyl (C=O) groups is 4. The van der Waals surface area contributed by atoms with E-state index in [4.69, 9.17) is 23.7 Å². The quantitative estimate of drug-likeness (QED) is 0.154. The molecule has 0 radical (unpaired) electrons. The summed E-state index contributed by atoms with van der Waals surface area (Å²) in [4.78, 5) is 66.5. The normalized spacial score (nSPS) is 20.5. The van der Waals surface area contributed by atoms with Crippen molar-refractivity contribution in [3.8, 4) is 0 Å². The van der Waals surface area contributed by atoms with Gasteiger partial charge >= 0.3 is 23.9 Å². The lowest BCUT2D eigenvalue weighted by Crippen LogP contribution is -2.51. The van der Waals surface area contributed by atoms with Crippen molar-refractivity contribution in [3.05, 3.63) is 120 Å². The van der Waals surface area contributed by atoms with E-state index >= 15 is 0 Å². The summed E-state index contributed by atoms with van der Waals surface area (Å²) in [5.74, 6) is -7.90. The largest absolute Gasteiger partial charge is 0.459 e. The highest BCUT2D eigenvalue weighted by Crippen LogP contribution is 2.36. The molecule has 1 saturated heterocycles. The molecule has 1 fully saturated rings. The molecule has 1 N–H and O–H groups in total. The minimum Gasteiger partial charge on any atom is -0.459 e. The van der Waals surface area contributed by atoms with Gasteiger partial charge in [0.25, 0.3) is 0 Å². The Kier molecular flexibility index (Phi) is 9.40. The molecule has 4 aromatic rings. The van der Waals surface area contributed by atoms with Crippen LogP contribution in [0.3, 0.4) is 0 Å². The molecule has 0 amide bonds. The maximum atomic E-state index is 14.4. The van der Waals surface area contributed by atoms with Gasteiger partial charge in [0.2, 0.25) is 11.7 Å². The van der Waals surface area contributed by atoms with Crippen molar-refractivity contribution in [2.75, 3.05) is 13.2 Å². The van der Waals surface area contributed by atoms with E-state index in [9.17, 15) is 28.7 Å². The first-order valence-electron chi connectivity index (χ1n) is 13.2. The minimum absolute atomic E-state index is 0.0278. The maximum absolute atomic E-state index is 14.4. The van der Waals surface area contributed by atoms with E-state index in [2.05, 4.69) is 19.9 Å². The third-order valence-corrected chi connectivity index (χ3v) is 6.40. The fourth-order valence-corrected chi connectivity index (χ4v) is 4.24. The molecule has 0 aromatic carbocycles. The van der Waals surface area contributed by atoms with E-state index in [0.29, 0.717) is 0 Å². The van der Waals surface area contributed by atoms with Gasteiger partial charge in [-0.2, -0.15) is 4.39 Å². The first-order valence-corrected chi connectivity index (χ1v) is 13.2. The van der Waals surface area contributed by atoms with Crippen LogP contribution >= 0.6 is 0 Å². The predicted molar refractivity (Wildman–Crippen MR) is 146 cm³/mol. The molecule has 4 aromatic heterocycles. The number of carbonyl (C=O) groups excluding carboxylic acids is 4. The standard InChI is InChI=1S/C30H23FN4O10/c31-25-21(8-4-12-35-25)29(39)43-23-22(16-41-26(36)18-5-1-9-32-13-18)45-30(40,17-42-27(37)19-6-2-10-33-14-19)24(23)44-28(38)20-7-3-11-34-15-20/h1-15,22-24,40H,16-17H2/t22-,23-,24+,30-/m1/s1. The molecule has 15 heteroatoms. The summed E-state index contributed by atoms with van der Waals surface area (Å²) in [7, 11) is 0. The summed E-state index contributed by atoms with van der Waals surface area (Å²) in [6.07, 6.45) is 3.87. The Bertz CT molecular complexity index is 1670. The van der Waals surface area contributed by atoms with Gasteiger partial charge in [0.1, 0.15) is 24.9 Å². The molecule has 0 saturated carbocycles. The van der Waals surface area contributed by atoms with Crippen LogP contribution < -0.4 is 0 Å². The van der Waals surface area contributed by atoms with Crippen molar-refractivity contribution < 1.29 is 52.4 Å². The fraction of sp³-hybridized carbons (Fsp3) is 0.200. The number of ether oxygens (including phenoxy) is 5. The highest BCUT2D eigenvalue weighted by atomic mass is 19.1. The average molecular weight is 619 g/mol. The van der Waals surface area contributed by atoms with Gasteiger partial charge in [-0.3, -0.25) is 15.0 Å². The van der Waals surface area contributed by atoms with Crippen molar-refractivity contribution in [3.63, 3.8) is 0 Å². The fourth-order valence-electron chi connectivity index (χ4n) is 4.24. The highest BCUT2D eigenvalue weighted by Gasteiger charge is 2.60. The monoisotopic (exact) mass is 618 g/mol. The summed E-state index contributed by atoms with van der Waals surface area (Å²) in [6.45, 7) is -1.62. The Balaban J connectivity index is 1.46. The Morgan fingerprint density at radius 1 is 0.756 bits per heavy atom. The average Bonchev–Trinajstić information content (AvgIpc) is 3.33. The molecular formula is C30H23FN4O10. The van der Waals surface area contributed by atoms with Gasteiger partial charge in [-0.05, 0) is 48.5 Å². The zero-order valence-electron chi connectivity index (χ0n) is 23.1. The number of rotatable bonds is 10. The number of pyridine rings is 4. The van der Waals surface area contributed by atoms with Gasteiger partial charge in [0.05, 0.1) is 16.7 Å². The van der Waals surface area contributed by atoms with Crippen LogP contribution in [-0.4, -0.2) is 86.2 Å². The van der Waals surface area contributed by atoms with Gasteiger partial charge in [-0.15, -0.1) is 0 Å². The third kappa shape index (κ3) is 7.29. The number of esters is 4. The topological polar surface area (TPSA) is 186 Å². The van der Waals surface area contributed by atoms with Gasteiger partial charge < -0.3 is 28.8 Å². The molecule has 0 aliphatic carbocycles. The summed E-state index contributed by atoms with van der Waals surface area (Å²) < 4.78 is 41.8. The molecule has 230 valence electrons. The van der Waals surface area contributed by atoms with Gasteiger partial charge in [-0.1, -0.05) is 0 Å². The van der Waals surface area contributed by atoms with Crippen LogP contribution in [0.15, 0.2) is 91.9 Å². The summed E-state index contributed by atoms with van der Waals surface area (Å²) in [5, 5.41) is 11.7. The lowest BCUT2D eigenvalue weighted by molar-refractivity contribution is -0.247. The highest BCUT2D eigenvalue weighted by molar-refractivity contribution is 5.91. The van der Waals surface area contributed by atoms with Gasteiger partial charge in [0.15, 0.2) is 12.2 Å². The number of aromatic nitrogens is 4. The van der Waals surface area contributed by atoms with Crippen LogP contribution in [0.4, 0.5) is 4.39 Å². The van der Waals surface area contributed by atoms with Crippen LogP contribution in [0.1, 0.15) is 41.4 Å².